The Bertz CT molecular complexity index is 826. The molecule has 1 amide bonds. The van der Waals surface area contributed by atoms with Crippen LogP contribution in [0, 0.1) is 18.7 Å². The summed E-state index contributed by atoms with van der Waals surface area (Å²) in [5, 5.41) is 3.24. The molecule has 0 radical (unpaired) electrons. The Labute approximate surface area is 206 Å². The molecular weight excluding hydrogens is 423 g/mol. The average Bonchev–Trinajstić information content (AvgIpc) is 2.84. The number of halogens is 1. The smallest absolute Gasteiger partial charge is 0.237 e. The van der Waals surface area contributed by atoms with E-state index in [9.17, 15) is 9.18 Å². The van der Waals surface area contributed by atoms with Crippen molar-refractivity contribution in [2.45, 2.75) is 90.1 Å². The van der Waals surface area contributed by atoms with Crippen molar-refractivity contribution in [3.63, 3.8) is 0 Å². The molecule has 186 valence electrons. The third kappa shape index (κ3) is 7.66. The SMILES string of the molecule is Cc1ccc(C(CCCNC(=O)[C@H](CC(C)C)N(C)C2CCCCC2)c2ccc(F)cc2)cc1. The van der Waals surface area contributed by atoms with E-state index in [1.165, 1.54) is 55.4 Å². The van der Waals surface area contributed by atoms with Crippen LogP contribution in [0.25, 0.3) is 0 Å². The number of nitrogens with one attached hydrogen (secondary N) is 1. The van der Waals surface area contributed by atoms with Gasteiger partial charge in [-0.3, -0.25) is 9.69 Å². The van der Waals surface area contributed by atoms with Gasteiger partial charge < -0.3 is 5.32 Å². The van der Waals surface area contributed by atoms with Crippen LogP contribution in [0.1, 0.15) is 87.8 Å². The molecule has 1 fully saturated rings. The Hall–Kier alpha value is -2.20. The second kappa shape index (κ2) is 13.0. The highest BCUT2D eigenvalue weighted by atomic mass is 19.1. The van der Waals surface area contributed by atoms with E-state index >= 15 is 0 Å². The van der Waals surface area contributed by atoms with Gasteiger partial charge in [-0.1, -0.05) is 75.1 Å². The molecule has 3 nitrogen and oxygen atoms in total. The summed E-state index contributed by atoms with van der Waals surface area (Å²) >= 11 is 0. The first-order chi connectivity index (χ1) is 16.3. The molecule has 2 aromatic rings. The molecule has 2 aromatic carbocycles. The highest BCUT2D eigenvalue weighted by Gasteiger charge is 2.29. The molecule has 0 heterocycles. The Kier molecular flexibility index (Phi) is 10.1. The molecule has 4 heteroatoms. The fraction of sp³-hybridized carbons (Fsp3) is 0.567. The maximum absolute atomic E-state index is 13.5. The maximum atomic E-state index is 13.5. The number of carbonyl (C=O) groups excluding carboxylic acids is 1. The summed E-state index contributed by atoms with van der Waals surface area (Å²) in [5.41, 5.74) is 3.58. The van der Waals surface area contributed by atoms with Crippen LogP contribution < -0.4 is 5.32 Å². The molecule has 2 atom stereocenters. The molecule has 1 saturated carbocycles. The van der Waals surface area contributed by atoms with E-state index < -0.39 is 0 Å². The van der Waals surface area contributed by atoms with Crippen molar-refractivity contribution in [3.05, 3.63) is 71.0 Å². The Balaban J connectivity index is 1.60. The van der Waals surface area contributed by atoms with Crippen LogP contribution in [0.4, 0.5) is 4.39 Å². The number of hydrogen-bond donors (Lipinski definition) is 1. The summed E-state index contributed by atoms with van der Waals surface area (Å²) in [5.74, 6) is 0.619. The van der Waals surface area contributed by atoms with Crippen LogP contribution in [-0.2, 0) is 4.79 Å². The van der Waals surface area contributed by atoms with E-state index in [0.717, 1.165) is 24.8 Å². The van der Waals surface area contributed by atoms with Crippen molar-refractivity contribution in [3.8, 4) is 0 Å². The first-order valence-corrected chi connectivity index (χ1v) is 13.2. The summed E-state index contributed by atoms with van der Waals surface area (Å²) in [6, 6.07) is 15.9. The molecule has 1 aliphatic rings. The van der Waals surface area contributed by atoms with Gasteiger partial charge in [0.05, 0.1) is 6.04 Å². The third-order valence-corrected chi connectivity index (χ3v) is 7.36. The van der Waals surface area contributed by atoms with Crippen molar-refractivity contribution in [1.82, 2.24) is 10.2 Å². The second-order valence-corrected chi connectivity index (χ2v) is 10.6. The summed E-state index contributed by atoms with van der Waals surface area (Å²) in [7, 11) is 2.14. The van der Waals surface area contributed by atoms with Gasteiger partial charge in [0.1, 0.15) is 5.82 Å². The zero-order chi connectivity index (χ0) is 24.5. The van der Waals surface area contributed by atoms with Gasteiger partial charge in [-0.15, -0.1) is 0 Å². The van der Waals surface area contributed by atoms with Gasteiger partial charge in [0.15, 0.2) is 0 Å². The normalized spacial score (nSPS) is 16.6. The first kappa shape index (κ1) is 26.4. The minimum Gasteiger partial charge on any atom is -0.355 e. The van der Waals surface area contributed by atoms with Crippen LogP contribution in [0.5, 0.6) is 0 Å². The number of amides is 1. The van der Waals surface area contributed by atoms with Gasteiger partial charge in [0.25, 0.3) is 0 Å². The topological polar surface area (TPSA) is 32.3 Å². The number of nitrogens with zero attached hydrogens (tertiary/aromatic N) is 1. The molecule has 1 unspecified atom stereocenters. The van der Waals surface area contributed by atoms with E-state index in [4.69, 9.17) is 0 Å². The van der Waals surface area contributed by atoms with Crippen LogP contribution in [0.15, 0.2) is 48.5 Å². The second-order valence-electron chi connectivity index (χ2n) is 10.6. The summed E-state index contributed by atoms with van der Waals surface area (Å²) in [4.78, 5) is 15.6. The van der Waals surface area contributed by atoms with Gasteiger partial charge in [-0.05, 0) is 75.3 Å². The molecule has 0 aliphatic heterocycles. The van der Waals surface area contributed by atoms with Gasteiger partial charge >= 0.3 is 0 Å². The maximum Gasteiger partial charge on any atom is 0.237 e. The lowest BCUT2D eigenvalue weighted by atomic mass is 9.87. The van der Waals surface area contributed by atoms with Gasteiger partial charge in [-0.2, -0.15) is 0 Å². The quantitative estimate of drug-likeness (QED) is 0.368. The fourth-order valence-corrected chi connectivity index (χ4v) is 5.30. The monoisotopic (exact) mass is 466 g/mol. The highest BCUT2D eigenvalue weighted by molar-refractivity contribution is 5.81. The number of carbonyl (C=O) groups is 1. The molecule has 0 bridgehead atoms. The predicted molar refractivity (Wildman–Crippen MR) is 140 cm³/mol. The van der Waals surface area contributed by atoms with Crippen LogP contribution in [-0.4, -0.2) is 36.5 Å². The standard InChI is InChI=1S/C30H43FN2O/c1-22(2)21-29(33(4)27-9-6-5-7-10-27)30(34)32-20-8-11-28(24-14-12-23(3)13-15-24)25-16-18-26(31)19-17-25/h12-19,22,27-29H,5-11,20-21H2,1-4H3,(H,32,34)/t28?,29-/m0/s1. The van der Waals surface area contributed by atoms with Crippen molar-refractivity contribution in [1.29, 1.82) is 0 Å². The Morgan fingerprint density at radius 2 is 1.59 bits per heavy atom. The molecule has 0 aromatic heterocycles. The lowest BCUT2D eigenvalue weighted by Gasteiger charge is -2.37. The van der Waals surface area contributed by atoms with Crippen molar-refractivity contribution in [2.75, 3.05) is 13.6 Å². The first-order valence-electron chi connectivity index (χ1n) is 13.2. The fourth-order valence-electron chi connectivity index (χ4n) is 5.30. The zero-order valence-electron chi connectivity index (χ0n) is 21.5. The van der Waals surface area contributed by atoms with Crippen molar-refractivity contribution < 1.29 is 9.18 Å². The molecule has 1 aliphatic carbocycles. The third-order valence-electron chi connectivity index (χ3n) is 7.36. The largest absolute Gasteiger partial charge is 0.355 e. The predicted octanol–water partition coefficient (Wildman–Crippen LogP) is 6.84. The number of hydrogen-bond acceptors (Lipinski definition) is 2. The number of rotatable bonds is 11. The van der Waals surface area contributed by atoms with Gasteiger partial charge in [0.2, 0.25) is 5.91 Å². The van der Waals surface area contributed by atoms with E-state index in [1.54, 1.807) is 0 Å². The molecule has 1 N–H and O–H groups in total. The zero-order valence-corrected chi connectivity index (χ0v) is 21.5. The van der Waals surface area contributed by atoms with E-state index in [-0.39, 0.29) is 23.7 Å². The van der Waals surface area contributed by atoms with Gasteiger partial charge in [0, 0.05) is 18.5 Å². The summed E-state index contributed by atoms with van der Waals surface area (Å²) in [6.45, 7) is 7.15. The van der Waals surface area contributed by atoms with Crippen molar-refractivity contribution >= 4 is 5.91 Å². The van der Waals surface area contributed by atoms with E-state index in [1.807, 2.05) is 12.1 Å². The molecule has 0 saturated heterocycles. The molecule has 34 heavy (non-hydrogen) atoms. The van der Waals surface area contributed by atoms with Gasteiger partial charge in [-0.25, -0.2) is 4.39 Å². The van der Waals surface area contributed by atoms with E-state index in [2.05, 4.69) is 62.3 Å². The molecular formula is C30H43FN2O. The Morgan fingerprint density at radius 1 is 1.00 bits per heavy atom. The number of aryl methyl sites for hydroxylation is 1. The molecule has 0 spiro atoms. The lowest BCUT2D eigenvalue weighted by Crippen LogP contribution is -2.50. The van der Waals surface area contributed by atoms with E-state index in [0.29, 0.717) is 18.5 Å². The lowest BCUT2D eigenvalue weighted by molar-refractivity contribution is -0.127. The van der Waals surface area contributed by atoms with Crippen molar-refractivity contribution in [2.24, 2.45) is 5.92 Å². The summed E-state index contributed by atoms with van der Waals surface area (Å²) in [6.07, 6.45) is 8.94. The van der Waals surface area contributed by atoms with Crippen LogP contribution >= 0.6 is 0 Å². The van der Waals surface area contributed by atoms with Crippen LogP contribution in [0.2, 0.25) is 0 Å². The van der Waals surface area contributed by atoms with Crippen LogP contribution in [0.3, 0.4) is 0 Å². The number of benzene rings is 2. The highest BCUT2D eigenvalue weighted by Crippen LogP contribution is 2.30. The number of likely N-dealkylation sites (N-methyl/N-ethyl adjacent to an activating group) is 1. The summed E-state index contributed by atoms with van der Waals surface area (Å²) < 4.78 is 13.5. The Morgan fingerprint density at radius 3 is 2.18 bits per heavy atom. The minimum atomic E-state index is -0.211. The molecule has 3 rings (SSSR count). The average molecular weight is 467 g/mol. The minimum absolute atomic E-state index is 0.0619.